The van der Waals surface area contributed by atoms with Crippen molar-refractivity contribution >= 4 is 21.8 Å². The lowest BCUT2D eigenvalue weighted by Gasteiger charge is -2.16. The van der Waals surface area contributed by atoms with E-state index >= 15 is 0 Å². The van der Waals surface area contributed by atoms with E-state index in [9.17, 15) is 22.8 Å². The van der Waals surface area contributed by atoms with Crippen molar-refractivity contribution in [2.24, 2.45) is 0 Å². The number of sulfone groups is 1. The van der Waals surface area contributed by atoms with Gasteiger partial charge in [-0.1, -0.05) is 30.3 Å². The Labute approximate surface area is 179 Å². The van der Waals surface area contributed by atoms with Crippen molar-refractivity contribution in [3.63, 3.8) is 0 Å². The Balaban J connectivity index is 2.58. The van der Waals surface area contributed by atoms with Gasteiger partial charge >= 0.3 is 11.9 Å². The molecular weight excluding hydrogens is 428 g/mol. The monoisotopic (exact) mass is 452 g/mol. The summed E-state index contributed by atoms with van der Waals surface area (Å²) in [6.07, 6.45) is 0.573. The van der Waals surface area contributed by atoms with E-state index in [1.165, 1.54) is 0 Å². The zero-order valence-corrected chi connectivity index (χ0v) is 18.3. The summed E-state index contributed by atoms with van der Waals surface area (Å²) in [6.45, 7) is 2.91. The van der Waals surface area contributed by atoms with Crippen molar-refractivity contribution < 1.29 is 32.2 Å². The molecule has 0 unspecified atom stereocenters. The van der Waals surface area contributed by atoms with Crippen LogP contribution in [0.3, 0.4) is 0 Å². The minimum absolute atomic E-state index is 0.0151. The van der Waals surface area contributed by atoms with E-state index < -0.39 is 43.9 Å². The summed E-state index contributed by atoms with van der Waals surface area (Å²) in [7, 11) is -4.03. The van der Waals surface area contributed by atoms with Crippen LogP contribution in [0.25, 0.3) is 0 Å². The van der Waals surface area contributed by atoms with Crippen molar-refractivity contribution in [3.05, 3.63) is 51.9 Å². The lowest BCUT2D eigenvalue weighted by atomic mass is 10.2. The van der Waals surface area contributed by atoms with E-state index in [4.69, 9.17) is 14.2 Å². The van der Waals surface area contributed by atoms with Crippen LogP contribution in [0.1, 0.15) is 36.3 Å². The Hall–Kier alpha value is -3.21. The van der Waals surface area contributed by atoms with E-state index in [0.29, 0.717) is 5.56 Å². The average molecular weight is 452 g/mol. The summed E-state index contributed by atoms with van der Waals surface area (Å²) in [4.78, 5) is 41.1. The summed E-state index contributed by atoms with van der Waals surface area (Å²) in [5.74, 6) is -2.07. The van der Waals surface area contributed by atoms with Crippen LogP contribution in [0.5, 0.6) is 5.75 Å². The molecule has 0 N–H and O–H groups in total. The van der Waals surface area contributed by atoms with Crippen LogP contribution >= 0.6 is 0 Å². The number of rotatable bonds is 10. The van der Waals surface area contributed by atoms with E-state index in [-0.39, 0.29) is 32.8 Å². The Kier molecular flexibility index (Phi) is 8.31. The molecule has 0 aliphatic heterocycles. The number of aromatic nitrogens is 2. The molecule has 0 fully saturated rings. The predicted octanol–water partition coefficient (Wildman–Crippen LogP) is 1.36. The highest BCUT2D eigenvalue weighted by molar-refractivity contribution is 7.90. The molecule has 0 amide bonds. The summed E-state index contributed by atoms with van der Waals surface area (Å²) >= 11 is 0. The maximum atomic E-state index is 13.1. The van der Waals surface area contributed by atoms with Gasteiger partial charge < -0.3 is 14.2 Å². The van der Waals surface area contributed by atoms with E-state index in [2.05, 4.69) is 4.98 Å². The van der Waals surface area contributed by atoms with Gasteiger partial charge in [0.1, 0.15) is 6.61 Å². The zero-order valence-electron chi connectivity index (χ0n) is 17.5. The van der Waals surface area contributed by atoms with Crippen LogP contribution in [-0.2, 0) is 37.3 Å². The number of nitrogens with zero attached hydrogens (tertiary/aromatic N) is 2. The molecular formula is C20H24N2O8S. The van der Waals surface area contributed by atoms with Crippen LogP contribution < -0.4 is 10.3 Å². The second-order valence-electron chi connectivity index (χ2n) is 6.35. The van der Waals surface area contributed by atoms with Gasteiger partial charge in [-0.05, 0) is 19.4 Å². The van der Waals surface area contributed by atoms with Crippen molar-refractivity contribution in [2.45, 2.75) is 38.6 Å². The Morgan fingerprint density at radius 3 is 2.29 bits per heavy atom. The van der Waals surface area contributed by atoms with Gasteiger partial charge in [0.25, 0.3) is 5.56 Å². The van der Waals surface area contributed by atoms with E-state index in [1.54, 1.807) is 44.2 Å². The highest BCUT2D eigenvalue weighted by Gasteiger charge is 2.28. The molecule has 0 atom stereocenters. The fraction of sp³-hybridized carbons (Fsp3) is 0.400. The molecule has 0 aliphatic carbocycles. The molecule has 0 spiro atoms. The number of hydrogen-bond acceptors (Lipinski definition) is 9. The molecule has 0 radical (unpaired) electrons. The first-order valence-electron chi connectivity index (χ1n) is 9.53. The molecule has 1 heterocycles. The van der Waals surface area contributed by atoms with Crippen molar-refractivity contribution in [1.82, 2.24) is 9.55 Å². The third-order valence-electron chi connectivity index (χ3n) is 3.96. The number of carbonyl (C=O) groups excluding carboxylic acids is 2. The van der Waals surface area contributed by atoms with Crippen LogP contribution in [0.4, 0.5) is 0 Å². The smallest absolute Gasteiger partial charge is 0.361 e. The summed E-state index contributed by atoms with van der Waals surface area (Å²) in [5.41, 5.74) is -0.753. The van der Waals surface area contributed by atoms with Crippen LogP contribution in [0.15, 0.2) is 40.3 Å². The van der Waals surface area contributed by atoms with Crippen LogP contribution in [0.2, 0.25) is 0 Å². The summed E-state index contributed by atoms with van der Waals surface area (Å²) in [5, 5.41) is -0.670. The number of benzene rings is 1. The Morgan fingerprint density at radius 2 is 1.71 bits per heavy atom. The third kappa shape index (κ3) is 6.38. The first-order chi connectivity index (χ1) is 14.7. The number of esters is 2. The Bertz CT molecular complexity index is 1090. The molecule has 0 bridgehead atoms. The standard InChI is InChI=1S/C20H24N2O8S/c1-4-28-15(23)11-12-22-18(24)17(30-13-14-9-7-6-8-10-14)16(19(25)29-5-2)21-20(22)31(3,26)27/h6-10H,4-5,11-13H2,1-3H3. The van der Waals surface area contributed by atoms with Gasteiger partial charge in [0, 0.05) is 12.8 Å². The van der Waals surface area contributed by atoms with Crippen molar-refractivity contribution in [3.8, 4) is 5.75 Å². The SMILES string of the molecule is CCOC(=O)CCn1c(S(C)(=O)=O)nc(C(=O)OCC)c(OCc2ccccc2)c1=O. The fourth-order valence-electron chi connectivity index (χ4n) is 2.63. The molecule has 2 rings (SSSR count). The van der Waals surface area contributed by atoms with Gasteiger partial charge in [-0.25, -0.2) is 18.2 Å². The predicted molar refractivity (Wildman–Crippen MR) is 110 cm³/mol. The molecule has 0 saturated carbocycles. The quantitative estimate of drug-likeness (QED) is 0.387. The highest BCUT2D eigenvalue weighted by Crippen LogP contribution is 2.18. The summed E-state index contributed by atoms with van der Waals surface area (Å²) < 4.78 is 40.6. The number of hydrogen-bond donors (Lipinski definition) is 0. The fourth-order valence-corrected chi connectivity index (χ4v) is 3.46. The molecule has 31 heavy (non-hydrogen) atoms. The second kappa shape index (κ2) is 10.7. The molecule has 168 valence electrons. The van der Waals surface area contributed by atoms with Gasteiger partial charge in [0.2, 0.25) is 20.7 Å². The highest BCUT2D eigenvalue weighted by atomic mass is 32.2. The topological polar surface area (TPSA) is 131 Å². The van der Waals surface area contributed by atoms with Crippen LogP contribution in [0, 0.1) is 0 Å². The lowest BCUT2D eigenvalue weighted by molar-refractivity contribution is -0.143. The van der Waals surface area contributed by atoms with Gasteiger partial charge in [-0.15, -0.1) is 0 Å². The van der Waals surface area contributed by atoms with Gasteiger partial charge in [0.15, 0.2) is 5.69 Å². The first kappa shape index (κ1) is 24.1. The minimum Gasteiger partial charge on any atom is -0.481 e. The largest absolute Gasteiger partial charge is 0.481 e. The third-order valence-corrected chi connectivity index (χ3v) is 4.94. The lowest BCUT2D eigenvalue weighted by Crippen LogP contribution is -2.32. The number of ether oxygens (including phenoxy) is 3. The normalized spacial score (nSPS) is 11.1. The minimum atomic E-state index is -4.03. The molecule has 1 aromatic heterocycles. The van der Waals surface area contributed by atoms with E-state index in [0.717, 1.165) is 10.8 Å². The molecule has 2 aromatic rings. The van der Waals surface area contributed by atoms with Crippen molar-refractivity contribution in [1.29, 1.82) is 0 Å². The van der Waals surface area contributed by atoms with Gasteiger partial charge in [-0.3, -0.25) is 14.2 Å². The summed E-state index contributed by atoms with van der Waals surface area (Å²) in [6, 6.07) is 8.85. The molecule has 10 nitrogen and oxygen atoms in total. The number of carbonyl (C=O) groups is 2. The second-order valence-corrected chi connectivity index (χ2v) is 8.26. The molecule has 0 saturated heterocycles. The Morgan fingerprint density at radius 1 is 1.06 bits per heavy atom. The maximum Gasteiger partial charge on any atom is 0.361 e. The van der Waals surface area contributed by atoms with E-state index in [1.807, 2.05) is 0 Å². The van der Waals surface area contributed by atoms with Gasteiger partial charge in [-0.2, -0.15) is 0 Å². The van der Waals surface area contributed by atoms with Gasteiger partial charge in [0.05, 0.1) is 19.6 Å². The first-order valence-corrected chi connectivity index (χ1v) is 11.4. The molecule has 11 heteroatoms. The zero-order chi connectivity index (χ0) is 23.0. The van der Waals surface area contributed by atoms with Crippen LogP contribution in [-0.4, -0.2) is 49.4 Å². The van der Waals surface area contributed by atoms with Crippen molar-refractivity contribution in [2.75, 3.05) is 19.5 Å². The molecule has 1 aromatic carbocycles. The molecule has 0 aliphatic rings. The average Bonchev–Trinajstić information content (AvgIpc) is 2.71. The maximum absolute atomic E-state index is 13.1.